The van der Waals surface area contributed by atoms with Crippen molar-refractivity contribution in [2.45, 2.75) is 39.2 Å². The van der Waals surface area contributed by atoms with Crippen LogP contribution in [0.3, 0.4) is 0 Å². The van der Waals surface area contributed by atoms with Gasteiger partial charge in [-0.25, -0.2) is 0 Å². The molecule has 84 valence electrons. The normalized spacial score (nSPS) is 13.1. The zero-order valence-electron chi connectivity index (χ0n) is 10.2. The molecular formula is C14H23N. The van der Waals surface area contributed by atoms with E-state index < -0.39 is 0 Å². The highest BCUT2D eigenvalue weighted by Gasteiger charge is 2.09. The lowest BCUT2D eigenvalue weighted by atomic mass is 10.1. The Balaban J connectivity index is 2.42. The third-order valence-electron chi connectivity index (χ3n) is 3.06. The third-order valence-corrected chi connectivity index (χ3v) is 3.06. The summed E-state index contributed by atoms with van der Waals surface area (Å²) < 4.78 is 0. The van der Waals surface area contributed by atoms with Crippen molar-refractivity contribution in [3.05, 3.63) is 35.9 Å². The molecule has 1 rings (SSSR count). The number of benzene rings is 1. The lowest BCUT2D eigenvalue weighted by molar-refractivity contribution is 0.256. The van der Waals surface area contributed by atoms with Crippen LogP contribution in [-0.2, 0) is 0 Å². The van der Waals surface area contributed by atoms with Gasteiger partial charge in [-0.3, -0.25) is 4.90 Å². The van der Waals surface area contributed by atoms with Crippen molar-refractivity contribution in [1.29, 1.82) is 0 Å². The molecule has 0 amide bonds. The summed E-state index contributed by atoms with van der Waals surface area (Å²) >= 11 is 0. The average molecular weight is 205 g/mol. The van der Waals surface area contributed by atoms with E-state index in [1.807, 2.05) is 0 Å². The van der Waals surface area contributed by atoms with Crippen LogP contribution < -0.4 is 0 Å². The first-order chi connectivity index (χ1) is 7.25. The van der Waals surface area contributed by atoms with Gasteiger partial charge in [-0.1, -0.05) is 50.1 Å². The maximum absolute atomic E-state index is 2.44. The minimum Gasteiger partial charge on any atom is -0.300 e. The van der Waals surface area contributed by atoms with E-state index in [1.165, 1.54) is 31.4 Å². The van der Waals surface area contributed by atoms with E-state index in [-0.39, 0.29) is 0 Å². The van der Waals surface area contributed by atoms with Crippen molar-refractivity contribution < 1.29 is 0 Å². The van der Waals surface area contributed by atoms with Crippen molar-refractivity contribution in [3.8, 4) is 0 Å². The summed E-state index contributed by atoms with van der Waals surface area (Å²) in [5.74, 6) is 0. The second kappa shape index (κ2) is 6.62. The Labute approximate surface area is 94.1 Å². The Morgan fingerprint density at radius 1 is 1.13 bits per heavy atom. The Bertz CT molecular complexity index is 255. The Kier molecular flexibility index (Phi) is 5.41. The van der Waals surface area contributed by atoms with Crippen molar-refractivity contribution >= 4 is 0 Å². The van der Waals surface area contributed by atoms with Crippen molar-refractivity contribution in [2.75, 3.05) is 13.6 Å². The molecule has 0 N–H and O–H groups in total. The maximum atomic E-state index is 2.44. The molecule has 0 saturated heterocycles. The number of unbranched alkanes of at least 4 members (excludes halogenated alkanes) is 2. The Morgan fingerprint density at radius 3 is 2.40 bits per heavy atom. The fraction of sp³-hybridized carbons (Fsp3) is 0.571. The van der Waals surface area contributed by atoms with E-state index in [1.54, 1.807) is 0 Å². The topological polar surface area (TPSA) is 3.24 Å². The standard InChI is InChI=1S/C14H23N/c1-4-5-9-12-15(3)13(2)14-10-7-6-8-11-14/h6-8,10-11,13H,4-5,9,12H2,1-3H3. The molecule has 1 atom stereocenters. The number of rotatable bonds is 6. The van der Waals surface area contributed by atoms with Gasteiger partial charge in [0.25, 0.3) is 0 Å². The van der Waals surface area contributed by atoms with E-state index in [4.69, 9.17) is 0 Å². The van der Waals surface area contributed by atoms with Crippen molar-refractivity contribution in [2.24, 2.45) is 0 Å². The minimum atomic E-state index is 0.531. The molecule has 0 fully saturated rings. The monoisotopic (exact) mass is 205 g/mol. The fourth-order valence-electron chi connectivity index (χ4n) is 1.79. The van der Waals surface area contributed by atoms with E-state index >= 15 is 0 Å². The van der Waals surface area contributed by atoms with Crippen LogP contribution in [0.15, 0.2) is 30.3 Å². The smallest absolute Gasteiger partial charge is 0.0316 e. The van der Waals surface area contributed by atoms with E-state index in [9.17, 15) is 0 Å². The Hall–Kier alpha value is -0.820. The summed E-state index contributed by atoms with van der Waals surface area (Å²) in [6, 6.07) is 11.3. The van der Waals surface area contributed by atoms with Gasteiger partial charge < -0.3 is 0 Å². The average Bonchev–Trinajstić information content (AvgIpc) is 2.29. The zero-order valence-corrected chi connectivity index (χ0v) is 10.2. The largest absolute Gasteiger partial charge is 0.300 e. The van der Waals surface area contributed by atoms with Crippen LogP contribution in [0, 0.1) is 0 Å². The molecule has 1 aromatic carbocycles. The highest BCUT2D eigenvalue weighted by atomic mass is 15.1. The van der Waals surface area contributed by atoms with Gasteiger partial charge in [0.05, 0.1) is 0 Å². The summed E-state index contributed by atoms with van der Waals surface area (Å²) in [7, 11) is 2.22. The molecule has 1 nitrogen and oxygen atoms in total. The number of hydrogen-bond donors (Lipinski definition) is 0. The summed E-state index contributed by atoms with van der Waals surface area (Å²) in [4.78, 5) is 2.44. The van der Waals surface area contributed by atoms with Gasteiger partial charge in [0, 0.05) is 6.04 Å². The molecule has 1 heteroatoms. The third kappa shape index (κ3) is 4.05. The Morgan fingerprint density at radius 2 is 1.80 bits per heavy atom. The van der Waals surface area contributed by atoms with Crippen LogP contribution in [0.4, 0.5) is 0 Å². The molecule has 15 heavy (non-hydrogen) atoms. The van der Waals surface area contributed by atoms with Crippen molar-refractivity contribution in [1.82, 2.24) is 4.90 Å². The van der Waals surface area contributed by atoms with Crippen LogP contribution in [-0.4, -0.2) is 18.5 Å². The highest BCUT2D eigenvalue weighted by molar-refractivity contribution is 5.18. The summed E-state index contributed by atoms with van der Waals surface area (Å²) in [5.41, 5.74) is 1.41. The minimum absolute atomic E-state index is 0.531. The molecule has 1 unspecified atom stereocenters. The molecule has 0 saturated carbocycles. The van der Waals surface area contributed by atoms with E-state index in [0.717, 1.165) is 0 Å². The van der Waals surface area contributed by atoms with Gasteiger partial charge in [0.2, 0.25) is 0 Å². The molecule has 0 spiro atoms. The number of nitrogens with zero attached hydrogens (tertiary/aromatic N) is 1. The first-order valence-electron chi connectivity index (χ1n) is 6.01. The van der Waals surface area contributed by atoms with Crippen LogP contribution in [0.1, 0.15) is 44.7 Å². The van der Waals surface area contributed by atoms with Gasteiger partial charge in [0.15, 0.2) is 0 Å². The SMILES string of the molecule is CCCCCN(C)C(C)c1ccccc1. The predicted octanol–water partition coefficient (Wildman–Crippen LogP) is 3.87. The van der Waals surface area contributed by atoms with Gasteiger partial charge in [-0.2, -0.15) is 0 Å². The van der Waals surface area contributed by atoms with Gasteiger partial charge in [-0.15, -0.1) is 0 Å². The predicted molar refractivity (Wildman–Crippen MR) is 67.0 cm³/mol. The molecule has 0 radical (unpaired) electrons. The van der Waals surface area contributed by atoms with Crippen LogP contribution in [0.25, 0.3) is 0 Å². The van der Waals surface area contributed by atoms with Gasteiger partial charge in [-0.05, 0) is 32.5 Å². The van der Waals surface area contributed by atoms with Crippen LogP contribution in [0.2, 0.25) is 0 Å². The second-order valence-electron chi connectivity index (χ2n) is 4.27. The van der Waals surface area contributed by atoms with Crippen LogP contribution >= 0.6 is 0 Å². The molecule has 0 aliphatic rings. The zero-order chi connectivity index (χ0) is 11.1. The summed E-state index contributed by atoms with van der Waals surface area (Å²) in [6.45, 7) is 5.73. The van der Waals surface area contributed by atoms with Crippen LogP contribution in [0.5, 0.6) is 0 Å². The maximum Gasteiger partial charge on any atom is 0.0316 e. The molecule has 0 bridgehead atoms. The molecule has 0 aromatic heterocycles. The molecule has 0 heterocycles. The molecule has 1 aromatic rings. The summed E-state index contributed by atoms with van der Waals surface area (Å²) in [6.07, 6.45) is 3.95. The highest BCUT2D eigenvalue weighted by Crippen LogP contribution is 2.18. The lowest BCUT2D eigenvalue weighted by Crippen LogP contribution is -2.23. The van der Waals surface area contributed by atoms with E-state index in [0.29, 0.717) is 6.04 Å². The molecular weight excluding hydrogens is 182 g/mol. The first kappa shape index (κ1) is 12.3. The quantitative estimate of drug-likeness (QED) is 0.637. The lowest BCUT2D eigenvalue weighted by Gasteiger charge is -2.24. The van der Waals surface area contributed by atoms with Gasteiger partial charge >= 0.3 is 0 Å². The number of hydrogen-bond acceptors (Lipinski definition) is 1. The van der Waals surface area contributed by atoms with Gasteiger partial charge in [0.1, 0.15) is 0 Å². The molecule has 0 aliphatic heterocycles. The summed E-state index contributed by atoms with van der Waals surface area (Å²) in [5, 5.41) is 0. The van der Waals surface area contributed by atoms with Crippen molar-refractivity contribution in [3.63, 3.8) is 0 Å². The molecule has 0 aliphatic carbocycles. The second-order valence-corrected chi connectivity index (χ2v) is 4.27. The fourth-order valence-corrected chi connectivity index (χ4v) is 1.79. The van der Waals surface area contributed by atoms with E-state index in [2.05, 4.69) is 56.1 Å². The first-order valence-corrected chi connectivity index (χ1v) is 6.01.